The fourth-order valence-corrected chi connectivity index (χ4v) is 1.52. The average Bonchev–Trinajstić information content (AvgIpc) is 2.95. The highest BCUT2D eigenvalue weighted by Gasteiger charge is 2.39. The molecule has 1 heterocycles. The summed E-state index contributed by atoms with van der Waals surface area (Å²) in [6.07, 6.45) is -5.06. The van der Waals surface area contributed by atoms with Gasteiger partial charge in [-0.2, -0.15) is 13.2 Å². The molecule has 0 saturated heterocycles. The van der Waals surface area contributed by atoms with Crippen molar-refractivity contribution >= 4 is 17.9 Å². The molecule has 2 aromatic rings. The molecule has 0 radical (unpaired) electrons. The van der Waals surface area contributed by atoms with Crippen molar-refractivity contribution in [1.29, 1.82) is 0 Å². The van der Waals surface area contributed by atoms with Gasteiger partial charge in [-0.15, -0.1) is 5.10 Å². The van der Waals surface area contributed by atoms with Crippen molar-refractivity contribution < 1.29 is 31.9 Å². The SMILES string of the molecule is CCOC(=O)c1ccc(-c2nnc(NC(=O)C(F)(F)F)o2)cc1. The molecule has 1 amide bonds. The number of carbonyl (C=O) groups is 2. The van der Waals surface area contributed by atoms with Gasteiger partial charge in [0.2, 0.25) is 5.89 Å². The number of esters is 1. The van der Waals surface area contributed by atoms with Crippen molar-refractivity contribution in [3.8, 4) is 11.5 Å². The van der Waals surface area contributed by atoms with E-state index < -0.39 is 24.1 Å². The molecule has 0 unspecified atom stereocenters. The van der Waals surface area contributed by atoms with Crippen LogP contribution in [0.2, 0.25) is 0 Å². The van der Waals surface area contributed by atoms with Crippen LogP contribution in [0.3, 0.4) is 0 Å². The van der Waals surface area contributed by atoms with E-state index in [1.807, 2.05) is 0 Å². The van der Waals surface area contributed by atoms with Crippen LogP contribution >= 0.6 is 0 Å². The highest BCUT2D eigenvalue weighted by atomic mass is 19.4. The van der Waals surface area contributed by atoms with Crippen LogP contribution in [-0.4, -0.2) is 34.9 Å². The molecule has 0 aliphatic rings. The highest BCUT2D eigenvalue weighted by molar-refractivity contribution is 5.93. The van der Waals surface area contributed by atoms with E-state index in [0.29, 0.717) is 11.1 Å². The lowest BCUT2D eigenvalue weighted by Gasteiger charge is -2.03. The maximum Gasteiger partial charge on any atom is 0.471 e. The van der Waals surface area contributed by atoms with Gasteiger partial charge in [0.15, 0.2) is 0 Å². The van der Waals surface area contributed by atoms with Crippen LogP contribution in [0.4, 0.5) is 19.2 Å². The Hall–Kier alpha value is -2.91. The summed E-state index contributed by atoms with van der Waals surface area (Å²) in [7, 11) is 0. The molecular formula is C13H10F3N3O4. The zero-order valence-electron chi connectivity index (χ0n) is 11.7. The summed E-state index contributed by atoms with van der Waals surface area (Å²) in [6, 6.07) is 5.10. The van der Waals surface area contributed by atoms with Gasteiger partial charge < -0.3 is 9.15 Å². The number of aromatic nitrogens is 2. The lowest BCUT2D eigenvalue weighted by molar-refractivity contribution is -0.167. The third-order valence-corrected chi connectivity index (χ3v) is 2.55. The first-order valence-electron chi connectivity index (χ1n) is 6.30. The van der Waals surface area contributed by atoms with E-state index in [-0.39, 0.29) is 12.5 Å². The van der Waals surface area contributed by atoms with E-state index in [2.05, 4.69) is 10.2 Å². The van der Waals surface area contributed by atoms with Crippen LogP contribution < -0.4 is 5.32 Å². The number of hydrogen-bond acceptors (Lipinski definition) is 6. The second kappa shape index (κ2) is 6.46. The standard InChI is InChI=1S/C13H10F3N3O4/c1-2-22-10(20)8-5-3-7(4-6-8)9-18-19-12(23-9)17-11(21)13(14,15)16/h3-6H,2H2,1H3,(H,17,19,21). The van der Waals surface area contributed by atoms with Gasteiger partial charge in [-0.3, -0.25) is 10.1 Å². The summed E-state index contributed by atoms with van der Waals surface area (Å²) in [5.74, 6) is -2.84. The normalized spacial score (nSPS) is 11.1. The van der Waals surface area contributed by atoms with Gasteiger partial charge in [0.1, 0.15) is 0 Å². The summed E-state index contributed by atoms with van der Waals surface area (Å²) >= 11 is 0. The largest absolute Gasteiger partial charge is 0.471 e. The number of hydrogen-bond donors (Lipinski definition) is 1. The first kappa shape index (κ1) is 16.5. The number of anilines is 1. The number of halogens is 3. The van der Waals surface area contributed by atoms with Crippen LogP contribution in [0.5, 0.6) is 0 Å². The molecular weight excluding hydrogens is 319 g/mol. The lowest BCUT2D eigenvalue weighted by Crippen LogP contribution is -2.30. The number of amides is 1. The van der Waals surface area contributed by atoms with Gasteiger partial charge >= 0.3 is 24.1 Å². The molecule has 0 fully saturated rings. The van der Waals surface area contributed by atoms with Gasteiger partial charge in [-0.1, -0.05) is 5.10 Å². The first-order chi connectivity index (χ1) is 10.8. The van der Waals surface area contributed by atoms with Crippen molar-refractivity contribution in [3.05, 3.63) is 29.8 Å². The minimum Gasteiger partial charge on any atom is -0.462 e. The molecule has 0 aliphatic heterocycles. The first-order valence-corrected chi connectivity index (χ1v) is 6.30. The summed E-state index contributed by atoms with van der Waals surface area (Å²) in [5.41, 5.74) is 0.652. The molecule has 0 aliphatic carbocycles. The van der Waals surface area contributed by atoms with Gasteiger partial charge in [0.05, 0.1) is 12.2 Å². The molecule has 122 valence electrons. The molecule has 1 aromatic heterocycles. The molecule has 0 saturated carbocycles. The maximum absolute atomic E-state index is 12.1. The molecule has 1 aromatic carbocycles. The van der Waals surface area contributed by atoms with Crippen LogP contribution in [0.1, 0.15) is 17.3 Å². The Morgan fingerprint density at radius 3 is 2.43 bits per heavy atom. The third kappa shape index (κ3) is 4.05. The molecule has 2 rings (SSSR count). The lowest BCUT2D eigenvalue weighted by atomic mass is 10.1. The van der Waals surface area contributed by atoms with Crippen LogP contribution in [0.25, 0.3) is 11.5 Å². The minimum absolute atomic E-state index is 0.113. The Kier molecular flexibility index (Phi) is 4.63. The fourth-order valence-electron chi connectivity index (χ4n) is 1.52. The van der Waals surface area contributed by atoms with Crippen molar-refractivity contribution in [2.45, 2.75) is 13.1 Å². The zero-order valence-corrected chi connectivity index (χ0v) is 11.7. The van der Waals surface area contributed by atoms with E-state index in [1.165, 1.54) is 29.6 Å². The predicted molar refractivity (Wildman–Crippen MR) is 70.4 cm³/mol. The fraction of sp³-hybridized carbons (Fsp3) is 0.231. The highest BCUT2D eigenvalue weighted by Crippen LogP contribution is 2.22. The molecule has 10 heteroatoms. The molecule has 1 N–H and O–H groups in total. The van der Waals surface area contributed by atoms with E-state index in [9.17, 15) is 22.8 Å². The molecule has 7 nitrogen and oxygen atoms in total. The molecule has 0 atom stereocenters. The number of nitrogens with one attached hydrogen (secondary N) is 1. The van der Waals surface area contributed by atoms with Gasteiger partial charge in [-0.05, 0) is 31.2 Å². The van der Waals surface area contributed by atoms with E-state index in [0.717, 1.165) is 0 Å². The average molecular weight is 329 g/mol. The monoisotopic (exact) mass is 329 g/mol. The third-order valence-electron chi connectivity index (χ3n) is 2.55. The second-order valence-corrected chi connectivity index (χ2v) is 4.16. The quantitative estimate of drug-likeness (QED) is 0.866. The van der Waals surface area contributed by atoms with Crippen LogP contribution in [0.15, 0.2) is 28.7 Å². The number of nitrogens with zero attached hydrogens (tertiary/aromatic N) is 2. The molecule has 23 heavy (non-hydrogen) atoms. The van der Waals surface area contributed by atoms with E-state index >= 15 is 0 Å². The topological polar surface area (TPSA) is 94.3 Å². The number of carbonyl (C=O) groups excluding carboxylic acids is 2. The summed E-state index contributed by atoms with van der Waals surface area (Å²) in [5, 5.41) is 8.25. The summed E-state index contributed by atoms with van der Waals surface area (Å²) in [6.45, 7) is 1.90. The summed E-state index contributed by atoms with van der Waals surface area (Å²) in [4.78, 5) is 22.2. The van der Waals surface area contributed by atoms with Crippen molar-refractivity contribution in [2.75, 3.05) is 11.9 Å². The van der Waals surface area contributed by atoms with Crippen molar-refractivity contribution in [1.82, 2.24) is 10.2 Å². The Morgan fingerprint density at radius 2 is 1.87 bits per heavy atom. The Bertz CT molecular complexity index is 710. The Morgan fingerprint density at radius 1 is 1.22 bits per heavy atom. The minimum atomic E-state index is -5.06. The Balaban J connectivity index is 2.11. The predicted octanol–water partition coefficient (Wildman–Crippen LogP) is 2.41. The van der Waals surface area contributed by atoms with Gasteiger partial charge in [0, 0.05) is 5.56 Å². The second-order valence-electron chi connectivity index (χ2n) is 4.16. The van der Waals surface area contributed by atoms with Crippen LogP contribution in [-0.2, 0) is 9.53 Å². The maximum atomic E-state index is 12.1. The summed E-state index contributed by atoms with van der Waals surface area (Å²) < 4.78 is 46.0. The van der Waals surface area contributed by atoms with Crippen molar-refractivity contribution in [2.24, 2.45) is 0 Å². The number of benzene rings is 1. The molecule has 0 spiro atoms. The van der Waals surface area contributed by atoms with Crippen LogP contribution in [0, 0.1) is 0 Å². The number of rotatable bonds is 4. The van der Waals surface area contributed by atoms with Crippen molar-refractivity contribution in [3.63, 3.8) is 0 Å². The smallest absolute Gasteiger partial charge is 0.462 e. The van der Waals surface area contributed by atoms with E-state index in [1.54, 1.807) is 6.92 Å². The van der Waals surface area contributed by atoms with Gasteiger partial charge in [-0.25, -0.2) is 4.79 Å². The zero-order chi connectivity index (χ0) is 17.0. The number of ether oxygens (including phenoxy) is 1. The number of alkyl halides is 3. The van der Waals surface area contributed by atoms with E-state index in [4.69, 9.17) is 9.15 Å². The Labute approximate surface area is 127 Å². The molecule has 0 bridgehead atoms. The van der Waals surface area contributed by atoms with Gasteiger partial charge in [0.25, 0.3) is 0 Å².